The zero-order valence-corrected chi connectivity index (χ0v) is 17.8. The van der Waals surface area contributed by atoms with Crippen molar-refractivity contribution in [2.75, 3.05) is 24.2 Å². The number of amides is 2. The normalized spacial score (nSPS) is 16.6. The van der Waals surface area contributed by atoms with Gasteiger partial charge in [0, 0.05) is 24.1 Å². The second-order valence-corrected chi connectivity index (χ2v) is 9.27. The van der Waals surface area contributed by atoms with E-state index in [1.54, 1.807) is 13.0 Å². The molecule has 0 radical (unpaired) electrons. The van der Waals surface area contributed by atoms with Gasteiger partial charge in [0.05, 0.1) is 23.5 Å². The van der Waals surface area contributed by atoms with Crippen molar-refractivity contribution in [3.8, 4) is 11.3 Å². The molecule has 0 spiro atoms. The molecule has 4 rings (SSSR count). The largest absolute Gasteiger partial charge is 0.455 e. The summed E-state index contributed by atoms with van der Waals surface area (Å²) in [5, 5.41) is 5.78. The number of nitrogens with zero attached hydrogens (tertiary/aromatic N) is 1. The first-order valence-corrected chi connectivity index (χ1v) is 11.3. The van der Waals surface area contributed by atoms with Crippen molar-refractivity contribution in [3.05, 3.63) is 53.3 Å². The Hall–Kier alpha value is -3.40. The third-order valence-electron chi connectivity index (χ3n) is 5.20. The van der Waals surface area contributed by atoms with Crippen LogP contribution in [-0.4, -0.2) is 40.1 Å². The van der Waals surface area contributed by atoms with Crippen molar-refractivity contribution in [1.29, 1.82) is 0 Å². The molecule has 0 saturated heterocycles. The smallest absolute Gasteiger partial charge is 0.255 e. The summed E-state index contributed by atoms with van der Waals surface area (Å²) in [7, 11) is -2.28. The Balaban J connectivity index is 2.04. The Bertz CT molecular complexity index is 1320. The van der Waals surface area contributed by atoms with E-state index in [4.69, 9.17) is 4.42 Å². The van der Waals surface area contributed by atoms with Crippen molar-refractivity contribution in [3.63, 3.8) is 0 Å². The predicted molar refractivity (Wildman–Crippen MR) is 114 cm³/mol. The van der Waals surface area contributed by atoms with Crippen LogP contribution < -0.4 is 14.9 Å². The fraction of sp³-hybridized carbons (Fsp3) is 0.238. The summed E-state index contributed by atoms with van der Waals surface area (Å²) in [6.45, 7) is 1.37. The van der Waals surface area contributed by atoms with E-state index >= 15 is 0 Å². The van der Waals surface area contributed by atoms with Crippen LogP contribution >= 0.6 is 0 Å². The Kier molecular flexibility index (Phi) is 4.97. The lowest BCUT2D eigenvalue weighted by molar-refractivity contribution is -0.120. The standard InChI is InChI=1S/C21H20FN3O5S/c1-11-14-8-15-17(9-16(14)25(31(3,28)29)10-18(26)24-11)30-20(19(15)21(27)23-2)12-4-6-13(22)7-5-12/h4-9,11H,10H2,1-3H3,(H,23,27)(H,24,26)/t11-/m0/s1. The SMILES string of the molecule is CNC(=O)c1c(-c2ccc(F)cc2)oc2cc3c(cc12)[C@H](C)NC(=O)CN3S(C)(=O)=O. The molecule has 2 heterocycles. The summed E-state index contributed by atoms with van der Waals surface area (Å²) in [6.07, 6.45) is 1.02. The number of benzene rings is 2. The fourth-order valence-corrected chi connectivity index (χ4v) is 4.61. The summed E-state index contributed by atoms with van der Waals surface area (Å²) in [6, 6.07) is 8.18. The number of sulfonamides is 1. The first-order chi connectivity index (χ1) is 14.6. The van der Waals surface area contributed by atoms with Gasteiger partial charge in [-0.15, -0.1) is 0 Å². The lowest BCUT2D eigenvalue weighted by Gasteiger charge is -2.21. The number of hydrogen-bond acceptors (Lipinski definition) is 5. The summed E-state index contributed by atoms with van der Waals surface area (Å²) in [5.74, 6) is -1.05. The average Bonchev–Trinajstić information content (AvgIpc) is 3.02. The van der Waals surface area contributed by atoms with Crippen molar-refractivity contribution >= 4 is 38.5 Å². The van der Waals surface area contributed by atoms with Crippen LogP contribution in [0, 0.1) is 5.82 Å². The van der Waals surface area contributed by atoms with Gasteiger partial charge in [-0.2, -0.15) is 0 Å². The van der Waals surface area contributed by atoms with Crippen molar-refractivity contribution in [1.82, 2.24) is 10.6 Å². The molecule has 2 N–H and O–H groups in total. The Labute approximate surface area is 178 Å². The molecule has 0 fully saturated rings. The van der Waals surface area contributed by atoms with Crippen molar-refractivity contribution in [2.45, 2.75) is 13.0 Å². The van der Waals surface area contributed by atoms with E-state index in [0.717, 1.165) is 10.6 Å². The van der Waals surface area contributed by atoms with Gasteiger partial charge in [0.25, 0.3) is 5.91 Å². The Morgan fingerprint density at radius 3 is 2.55 bits per heavy atom. The second kappa shape index (κ2) is 7.38. The van der Waals surface area contributed by atoms with Crippen molar-refractivity contribution < 1.29 is 26.8 Å². The maximum Gasteiger partial charge on any atom is 0.255 e. The highest BCUT2D eigenvalue weighted by Crippen LogP contribution is 2.40. The monoisotopic (exact) mass is 445 g/mol. The highest BCUT2D eigenvalue weighted by molar-refractivity contribution is 7.92. The number of carbonyl (C=O) groups excluding carboxylic acids is 2. The van der Waals surface area contributed by atoms with E-state index < -0.39 is 33.7 Å². The molecule has 10 heteroatoms. The number of anilines is 1. The summed E-state index contributed by atoms with van der Waals surface area (Å²) in [4.78, 5) is 24.9. The zero-order chi connectivity index (χ0) is 22.5. The van der Waals surface area contributed by atoms with Crippen LogP contribution in [0.15, 0.2) is 40.8 Å². The van der Waals surface area contributed by atoms with Gasteiger partial charge in [-0.25, -0.2) is 12.8 Å². The molecular formula is C21H20FN3O5S. The van der Waals surface area contributed by atoms with Crippen LogP contribution in [0.25, 0.3) is 22.3 Å². The number of fused-ring (bicyclic) bond motifs is 2. The fourth-order valence-electron chi connectivity index (χ4n) is 3.74. The highest BCUT2D eigenvalue weighted by Gasteiger charge is 2.32. The lowest BCUT2D eigenvalue weighted by atomic mass is 9.99. The molecular weight excluding hydrogens is 425 g/mol. The van der Waals surface area contributed by atoms with Crippen LogP contribution in [0.2, 0.25) is 0 Å². The van der Waals surface area contributed by atoms with E-state index in [-0.39, 0.29) is 23.5 Å². The second-order valence-electron chi connectivity index (χ2n) is 7.36. The number of halogens is 1. The molecule has 3 aromatic rings. The zero-order valence-electron chi connectivity index (χ0n) is 17.0. The van der Waals surface area contributed by atoms with E-state index in [0.29, 0.717) is 22.2 Å². The van der Waals surface area contributed by atoms with Gasteiger partial charge in [-0.1, -0.05) is 0 Å². The molecule has 2 aromatic carbocycles. The molecule has 2 amide bonds. The van der Waals surface area contributed by atoms with Crippen LogP contribution in [0.5, 0.6) is 0 Å². The van der Waals surface area contributed by atoms with Gasteiger partial charge >= 0.3 is 0 Å². The molecule has 0 unspecified atom stereocenters. The third kappa shape index (κ3) is 3.63. The minimum absolute atomic E-state index is 0.233. The number of hydrogen-bond donors (Lipinski definition) is 2. The predicted octanol–water partition coefficient (Wildman–Crippen LogP) is 2.56. The van der Waals surface area contributed by atoms with Crippen LogP contribution in [0.3, 0.4) is 0 Å². The lowest BCUT2D eigenvalue weighted by Crippen LogP contribution is -2.37. The van der Waals surface area contributed by atoms with Gasteiger partial charge in [-0.3, -0.25) is 13.9 Å². The molecule has 1 aliphatic heterocycles. The molecule has 1 atom stereocenters. The van der Waals surface area contributed by atoms with E-state index in [1.165, 1.54) is 37.4 Å². The molecule has 0 bridgehead atoms. The minimum atomic E-state index is -3.76. The molecule has 1 aliphatic rings. The van der Waals surface area contributed by atoms with E-state index in [2.05, 4.69) is 10.6 Å². The molecule has 8 nitrogen and oxygen atoms in total. The maximum absolute atomic E-state index is 13.4. The first-order valence-electron chi connectivity index (χ1n) is 9.45. The third-order valence-corrected chi connectivity index (χ3v) is 6.32. The average molecular weight is 445 g/mol. The minimum Gasteiger partial charge on any atom is -0.455 e. The number of carbonyl (C=O) groups is 2. The van der Waals surface area contributed by atoms with E-state index in [1.807, 2.05) is 0 Å². The molecule has 162 valence electrons. The topological polar surface area (TPSA) is 109 Å². The Morgan fingerprint density at radius 1 is 1.26 bits per heavy atom. The van der Waals surface area contributed by atoms with Crippen LogP contribution in [0.1, 0.15) is 28.9 Å². The number of furan rings is 1. The molecule has 0 saturated carbocycles. The summed E-state index contributed by atoms with van der Waals surface area (Å²) < 4.78 is 45.2. The van der Waals surface area contributed by atoms with Crippen LogP contribution in [-0.2, 0) is 14.8 Å². The summed E-state index contributed by atoms with van der Waals surface area (Å²) in [5.41, 5.74) is 1.82. The molecule has 31 heavy (non-hydrogen) atoms. The van der Waals surface area contributed by atoms with Gasteiger partial charge in [-0.05, 0) is 42.8 Å². The van der Waals surface area contributed by atoms with Gasteiger partial charge < -0.3 is 15.1 Å². The first kappa shape index (κ1) is 20.9. The number of rotatable bonds is 3. The maximum atomic E-state index is 13.4. The van der Waals surface area contributed by atoms with Crippen molar-refractivity contribution in [2.24, 2.45) is 0 Å². The Morgan fingerprint density at radius 2 is 1.94 bits per heavy atom. The van der Waals surface area contributed by atoms with Gasteiger partial charge in [0.2, 0.25) is 15.9 Å². The van der Waals surface area contributed by atoms with Crippen LogP contribution in [0.4, 0.5) is 10.1 Å². The molecule has 0 aliphatic carbocycles. The van der Waals surface area contributed by atoms with E-state index in [9.17, 15) is 22.4 Å². The van der Waals surface area contributed by atoms with Gasteiger partial charge in [0.1, 0.15) is 23.7 Å². The summed E-state index contributed by atoms with van der Waals surface area (Å²) >= 11 is 0. The highest BCUT2D eigenvalue weighted by atomic mass is 32.2. The van der Waals surface area contributed by atoms with Gasteiger partial charge in [0.15, 0.2) is 0 Å². The number of nitrogens with one attached hydrogen (secondary N) is 2. The molecule has 1 aromatic heterocycles. The quantitative estimate of drug-likeness (QED) is 0.644.